The maximum Gasteiger partial charge on any atom is 0.189 e. The number of hydrogen-bond acceptors (Lipinski definition) is 5. The number of ether oxygens (including phenoxy) is 5. The molecule has 0 saturated carbocycles. The summed E-state index contributed by atoms with van der Waals surface area (Å²) in [6.45, 7) is 22.4. The molecule has 0 amide bonds. The largest absolute Gasteiger partial charge is 0.493 e. The smallest absolute Gasteiger partial charge is 0.189 e. The van der Waals surface area contributed by atoms with E-state index in [-0.39, 0.29) is 13.6 Å². The minimum atomic E-state index is -1.12. The van der Waals surface area contributed by atoms with E-state index in [1.54, 1.807) is 7.11 Å². The standard InChI is InChI=1S/C33H52O5Si2/c1-26(2)11-15-31-27(3)21-30(37-24-35-17-19-39(5,6)7)23-29(31)14-12-28-13-16-32(33(22-28)34-4)38-25-36-18-20-40(8,9)10/h11-14,16,21-23H,15,17-20,24-25H2,1-10H3/b14-12+. The molecule has 0 heterocycles. The molecule has 2 aromatic rings. The van der Waals surface area contributed by atoms with Gasteiger partial charge in [0.25, 0.3) is 0 Å². The number of hydrogen-bond donors (Lipinski definition) is 0. The zero-order valence-corrected chi connectivity index (χ0v) is 28.6. The molecule has 222 valence electrons. The van der Waals surface area contributed by atoms with Crippen LogP contribution < -0.4 is 14.2 Å². The summed E-state index contributed by atoms with van der Waals surface area (Å²) in [7, 11) is -0.573. The molecule has 0 bridgehead atoms. The van der Waals surface area contributed by atoms with E-state index in [9.17, 15) is 0 Å². The second-order valence-corrected chi connectivity index (χ2v) is 24.2. The van der Waals surface area contributed by atoms with Gasteiger partial charge < -0.3 is 23.7 Å². The van der Waals surface area contributed by atoms with Crippen molar-refractivity contribution in [3.8, 4) is 17.2 Å². The molecule has 2 aromatic carbocycles. The molecule has 0 saturated heterocycles. The third kappa shape index (κ3) is 13.4. The van der Waals surface area contributed by atoms with Gasteiger partial charge in [-0.1, -0.05) is 69.1 Å². The van der Waals surface area contributed by atoms with E-state index in [1.807, 2.05) is 18.2 Å². The minimum absolute atomic E-state index is 0.220. The zero-order chi connectivity index (χ0) is 29.8. The lowest BCUT2D eigenvalue weighted by Gasteiger charge is -2.16. The van der Waals surface area contributed by atoms with Crippen molar-refractivity contribution in [2.24, 2.45) is 0 Å². The first-order chi connectivity index (χ1) is 18.8. The average Bonchev–Trinajstić information content (AvgIpc) is 2.85. The summed E-state index contributed by atoms with van der Waals surface area (Å²) < 4.78 is 28.9. The Bertz CT molecular complexity index is 1120. The molecule has 0 unspecified atom stereocenters. The van der Waals surface area contributed by atoms with E-state index in [2.05, 4.69) is 90.4 Å². The molecule has 7 heteroatoms. The summed E-state index contributed by atoms with van der Waals surface area (Å²) in [4.78, 5) is 0. The maximum atomic E-state index is 6.00. The van der Waals surface area contributed by atoms with Crippen LogP contribution in [-0.4, -0.2) is 50.1 Å². The second-order valence-electron chi connectivity index (χ2n) is 13.0. The normalized spacial score (nSPS) is 12.1. The molecule has 0 aliphatic rings. The van der Waals surface area contributed by atoms with Crippen molar-refractivity contribution in [2.45, 2.75) is 78.6 Å². The summed E-state index contributed by atoms with van der Waals surface area (Å²) >= 11 is 0. The molecule has 0 atom stereocenters. The van der Waals surface area contributed by atoms with Crippen LogP contribution in [0.3, 0.4) is 0 Å². The van der Waals surface area contributed by atoms with E-state index in [0.29, 0.717) is 11.5 Å². The summed E-state index contributed by atoms with van der Waals surface area (Å²) in [5.74, 6) is 2.18. The van der Waals surface area contributed by atoms with Gasteiger partial charge in [0.2, 0.25) is 0 Å². The lowest BCUT2D eigenvalue weighted by Crippen LogP contribution is -2.22. The van der Waals surface area contributed by atoms with E-state index in [1.165, 1.54) is 16.7 Å². The fourth-order valence-electron chi connectivity index (χ4n) is 3.81. The fraction of sp³-hybridized carbons (Fsp3) is 0.515. The molecule has 0 aliphatic heterocycles. The van der Waals surface area contributed by atoms with Gasteiger partial charge in [-0.05, 0) is 85.8 Å². The molecule has 0 spiro atoms. The molecule has 0 radical (unpaired) electrons. The lowest BCUT2D eigenvalue weighted by atomic mass is 9.96. The average molecular weight is 585 g/mol. The first-order valence-corrected chi connectivity index (χ1v) is 21.7. The van der Waals surface area contributed by atoms with Crippen molar-refractivity contribution in [1.82, 2.24) is 0 Å². The zero-order valence-electron chi connectivity index (χ0n) is 26.6. The van der Waals surface area contributed by atoms with Gasteiger partial charge in [0.15, 0.2) is 25.1 Å². The van der Waals surface area contributed by atoms with Crippen molar-refractivity contribution in [2.75, 3.05) is 33.9 Å². The topological polar surface area (TPSA) is 46.2 Å². The molecule has 0 fully saturated rings. The van der Waals surface area contributed by atoms with Crippen LogP contribution in [0.5, 0.6) is 17.2 Å². The lowest BCUT2D eigenvalue weighted by molar-refractivity contribution is 0.0205. The van der Waals surface area contributed by atoms with Crippen LogP contribution in [0.15, 0.2) is 42.0 Å². The summed E-state index contributed by atoms with van der Waals surface area (Å²) in [6, 6.07) is 12.4. The second kappa shape index (κ2) is 16.2. The van der Waals surface area contributed by atoms with Crippen molar-refractivity contribution < 1.29 is 23.7 Å². The minimum Gasteiger partial charge on any atom is -0.493 e. The van der Waals surface area contributed by atoms with Gasteiger partial charge in [0, 0.05) is 29.4 Å². The Kier molecular flexibility index (Phi) is 13.7. The highest BCUT2D eigenvalue weighted by Crippen LogP contribution is 2.30. The van der Waals surface area contributed by atoms with Crippen molar-refractivity contribution >= 4 is 28.3 Å². The monoisotopic (exact) mass is 584 g/mol. The van der Waals surface area contributed by atoms with Crippen molar-refractivity contribution in [3.05, 3.63) is 64.2 Å². The van der Waals surface area contributed by atoms with E-state index in [0.717, 1.165) is 48.6 Å². The van der Waals surface area contributed by atoms with Gasteiger partial charge in [-0.15, -0.1) is 0 Å². The Balaban J connectivity index is 2.15. The Morgan fingerprint density at radius 1 is 0.775 bits per heavy atom. The molecular weight excluding hydrogens is 533 g/mol. The third-order valence-corrected chi connectivity index (χ3v) is 9.85. The molecule has 40 heavy (non-hydrogen) atoms. The number of methoxy groups -OCH3 is 1. The molecule has 0 N–H and O–H groups in total. The first-order valence-electron chi connectivity index (χ1n) is 14.3. The van der Waals surface area contributed by atoms with Gasteiger partial charge in [-0.3, -0.25) is 0 Å². The van der Waals surface area contributed by atoms with Gasteiger partial charge >= 0.3 is 0 Å². The third-order valence-electron chi connectivity index (χ3n) is 6.44. The number of rotatable bonds is 17. The highest BCUT2D eigenvalue weighted by atomic mass is 28.3. The molecule has 0 aliphatic carbocycles. The summed E-state index contributed by atoms with van der Waals surface area (Å²) in [5, 5.41) is 0. The van der Waals surface area contributed by atoms with Crippen LogP contribution >= 0.6 is 0 Å². The van der Waals surface area contributed by atoms with Gasteiger partial charge in [0.1, 0.15) is 5.75 Å². The van der Waals surface area contributed by atoms with Crippen LogP contribution in [-0.2, 0) is 15.9 Å². The van der Waals surface area contributed by atoms with Gasteiger partial charge in [-0.25, -0.2) is 0 Å². The highest BCUT2D eigenvalue weighted by molar-refractivity contribution is 6.76. The molecule has 5 nitrogen and oxygen atoms in total. The van der Waals surface area contributed by atoms with Crippen molar-refractivity contribution in [1.29, 1.82) is 0 Å². The van der Waals surface area contributed by atoms with Gasteiger partial charge in [0.05, 0.1) is 7.11 Å². The SMILES string of the molecule is COc1cc(/C=C/c2cc(OCOCC[Si](C)(C)C)cc(C)c2CC=C(C)C)ccc1OCOCC[Si](C)(C)C. The Hall–Kier alpha value is -2.33. The predicted octanol–water partition coefficient (Wildman–Crippen LogP) is 9.06. The molecule has 0 aromatic heterocycles. The highest BCUT2D eigenvalue weighted by Gasteiger charge is 2.13. The van der Waals surface area contributed by atoms with Crippen LogP contribution in [0.1, 0.15) is 36.1 Å². The van der Waals surface area contributed by atoms with E-state index >= 15 is 0 Å². The van der Waals surface area contributed by atoms with Crippen LogP contribution in [0.25, 0.3) is 12.2 Å². The Labute approximate surface area is 245 Å². The maximum absolute atomic E-state index is 6.00. The van der Waals surface area contributed by atoms with Gasteiger partial charge in [-0.2, -0.15) is 0 Å². The van der Waals surface area contributed by atoms with Crippen LogP contribution in [0.4, 0.5) is 0 Å². The van der Waals surface area contributed by atoms with E-state index < -0.39 is 16.1 Å². The Morgan fingerprint density at radius 3 is 1.98 bits per heavy atom. The first kappa shape index (κ1) is 33.9. The van der Waals surface area contributed by atoms with Crippen LogP contribution in [0, 0.1) is 6.92 Å². The number of aryl methyl sites for hydroxylation is 1. The van der Waals surface area contributed by atoms with Crippen molar-refractivity contribution in [3.63, 3.8) is 0 Å². The summed E-state index contributed by atoms with van der Waals surface area (Å²) in [6.07, 6.45) is 7.38. The summed E-state index contributed by atoms with van der Waals surface area (Å²) in [5.41, 5.74) is 5.94. The fourth-order valence-corrected chi connectivity index (χ4v) is 5.32. The van der Waals surface area contributed by atoms with E-state index in [4.69, 9.17) is 23.7 Å². The number of benzene rings is 2. The molecular formula is C33H52O5Si2. The predicted molar refractivity (Wildman–Crippen MR) is 175 cm³/mol. The molecule has 2 rings (SSSR count). The quantitative estimate of drug-likeness (QED) is 0.0610. The van der Waals surface area contributed by atoms with Crippen LogP contribution in [0.2, 0.25) is 51.4 Å². The Morgan fingerprint density at radius 2 is 1.40 bits per heavy atom. The number of allylic oxidation sites excluding steroid dienone is 2.